The van der Waals surface area contributed by atoms with Crippen LogP contribution in [0.2, 0.25) is 0 Å². The first-order chi connectivity index (χ1) is 9.31. The normalized spacial score (nSPS) is 12.2. The summed E-state index contributed by atoms with van der Waals surface area (Å²) in [6.07, 6.45) is 0. The first kappa shape index (κ1) is 16.6. The van der Waals surface area contributed by atoms with E-state index in [1.54, 1.807) is 0 Å². The van der Waals surface area contributed by atoms with E-state index in [4.69, 9.17) is 5.73 Å². The lowest BCUT2D eigenvalue weighted by atomic mass is 10.0. The van der Waals surface area contributed by atoms with Gasteiger partial charge in [0.15, 0.2) is 5.78 Å². The van der Waals surface area contributed by atoms with Crippen LogP contribution in [-0.4, -0.2) is 23.5 Å². The predicted octanol–water partition coefficient (Wildman–Crippen LogP) is 2.40. The van der Waals surface area contributed by atoms with Gasteiger partial charge in [-0.15, -0.1) is 11.8 Å². The number of thioether (sulfide) groups is 1. The van der Waals surface area contributed by atoms with Crippen LogP contribution in [0, 0.1) is 12.8 Å². The van der Waals surface area contributed by atoms with Gasteiger partial charge in [0.2, 0.25) is 5.91 Å². The largest absolute Gasteiger partial charge is 0.398 e. The Hall–Kier alpha value is -1.49. The van der Waals surface area contributed by atoms with Crippen molar-refractivity contribution in [2.75, 3.05) is 11.5 Å². The molecule has 0 aliphatic carbocycles. The summed E-state index contributed by atoms with van der Waals surface area (Å²) >= 11 is 1.38. The zero-order valence-electron chi connectivity index (χ0n) is 12.4. The predicted molar refractivity (Wildman–Crippen MR) is 83.8 cm³/mol. The molecule has 110 valence electrons. The third-order valence-corrected chi connectivity index (χ3v) is 4.03. The van der Waals surface area contributed by atoms with Crippen LogP contribution in [0.4, 0.5) is 5.69 Å². The second kappa shape index (κ2) is 7.33. The Morgan fingerprint density at radius 1 is 1.35 bits per heavy atom. The molecule has 20 heavy (non-hydrogen) atoms. The molecule has 0 heterocycles. The van der Waals surface area contributed by atoms with Crippen molar-refractivity contribution in [3.05, 3.63) is 23.8 Å². The topological polar surface area (TPSA) is 72.2 Å². The van der Waals surface area contributed by atoms with E-state index in [1.165, 1.54) is 18.7 Å². The Morgan fingerprint density at radius 2 is 2.00 bits per heavy atom. The van der Waals surface area contributed by atoms with Crippen LogP contribution >= 0.6 is 11.8 Å². The van der Waals surface area contributed by atoms with Gasteiger partial charge in [-0.05, 0) is 37.5 Å². The summed E-state index contributed by atoms with van der Waals surface area (Å²) in [7, 11) is 0. The lowest BCUT2D eigenvalue weighted by Gasteiger charge is -2.19. The van der Waals surface area contributed by atoms with Crippen LogP contribution in [0.3, 0.4) is 0 Å². The molecule has 5 heteroatoms. The van der Waals surface area contributed by atoms with Crippen LogP contribution in [-0.2, 0) is 9.59 Å². The van der Waals surface area contributed by atoms with Gasteiger partial charge in [-0.25, -0.2) is 0 Å². The average Bonchev–Trinajstić information content (AvgIpc) is 2.34. The molecular weight excluding hydrogens is 272 g/mol. The van der Waals surface area contributed by atoms with Crippen molar-refractivity contribution < 1.29 is 9.59 Å². The van der Waals surface area contributed by atoms with Gasteiger partial charge in [-0.2, -0.15) is 0 Å². The Labute approximate surface area is 124 Å². The fraction of sp³-hybridized carbons (Fsp3) is 0.467. The quantitative estimate of drug-likeness (QED) is 0.624. The highest BCUT2D eigenvalue weighted by Crippen LogP contribution is 2.25. The molecule has 0 aliphatic rings. The number of Topliss-reactive ketones (excluding diaryl/α,β-unsaturated/α-hetero) is 1. The Bertz CT molecular complexity index is 501. The summed E-state index contributed by atoms with van der Waals surface area (Å²) in [6, 6.07) is 5.34. The molecule has 1 aromatic rings. The van der Waals surface area contributed by atoms with E-state index in [2.05, 4.69) is 5.32 Å². The molecule has 1 aromatic carbocycles. The van der Waals surface area contributed by atoms with Crippen LogP contribution in [0.15, 0.2) is 23.1 Å². The van der Waals surface area contributed by atoms with Gasteiger partial charge in [0.25, 0.3) is 0 Å². The standard InChI is InChI=1S/C15H22N2O2S/c1-9(2)15(11(4)18)17-14(19)8-20-13-6-5-10(3)7-12(13)16/h5-7,9,15H,8,16H2,1-4H3,(H,17,19). The molecule has 1 amide bonds. The summed E-state index contributed by atoms with van der Waals surface area (Å²) < 4.78 is 0. The maximum Gasteiger partial charge on any atom is 0.230 e. The van der Waals surface area contributed by atoms with Crippen molar-refractivity contribution in [1.82, 2.24) is 5.32 Å². The monoisotopic (exact) mass is 294 g/mol. The van der Waals surface area contributed by atoms with E-state index in [1.807, 2.05) is 39.0 Å². The van der Waals surface area contributed by atoms with Crippen LogP contribution in [0.1, 0.15) is 26.3 Å². The number of rotatable bonds is 6. The third kappa shape index (κ3) is 4.89. The van der Waals surface area contributed by atoms with Crippen LogP contribution in [0.25, 0.3) is 0 Å². The molecule has 4 nitrogen and oxygen atoms in total. The zero-order chi connectivity index (χ0) is 15.3. The molecule has 1 atom stereocenters. The summed E-state index contributed by atoms with van der Waals surface area (Å²) in [5.74, 6) is 0.173. The number of nitrogen functional groups attached to an aromatic ring is 1. The second-order valence-corrected chi connectivity index (χ2v) is 6.25. The maximum atomic E-state index is 11.9. The molecular formula is C15H22N2O2S. The van der Waals surface area contributed by atoms with Gasteiger partial charge in [0, 0.05) is 10.6 Å². The van der Waals surface area contributed by atoms with E-state index < -0.39 is 6.04 Å². The summed E-state index contributed by atoms with van der Waals surface area (Å²) in [5, 5.41) is 2.77. The molecule has 0 saturated carbocycles. The summed E-state index contributed by atoms with van der Waals surface area (Å²) in [6.45, 7) is 7.29. The lowest BCUT2D eigenvalue weighted by Crippen LogP contribution is -2.44. The van der Waals surface area contributed by atoms with Gasteiger partial charge in [-0.3, -0.25) is 9.59 Å². The van der Waals surface area contributed by atoms with E-state index in [0.29, 0.717) is 5.69 Å². The van der Waals surface area contributed by atoms with E-state index in [-0.39, 0.29) is 23.4 Å². The number of hydrogen-bond donors (Lipinski definition) is 2. The molecule has 0 spiro atoms. The fourth-order valence-electron chi connectivity index (χ4n) is 1.90. The zero-order valence-corrected chi connectivity index (χ0v) is 13.2. The number of hydrogen-bond acceptors (Lipinski definition) is 4. The number of benzene rings is 1. The molecule has 0 fully saturated rings. The lowest BCUT2D eigenvalue weighted by molar-refractivity contribution is -0.126. The minimum atomic E-state index is -0.418. The van der Waals surface area contributed by atoms with Crippen molar-refractivity contribution in [3.8, 4) is 0 Å². The number of nitrogens with two attached hydrogens (primary N) is 1. The van der Waals surface area contributed by atoms with Crippen molar-refractivity contribution in [2.24, 2.45) is 5.92 Å². The molecule has 3 N–H and O–H groups in total. The van der Waals surface area contributed by atoms with Gasteiger partial charge >= 0.3 is 0 Å². The highest BCUT2D eigenvalue weighted by molar-refractivity contribution is 8.00. The van der Waals surface area contributed by atoms with Gasteiger partial charge in [-0.1, -0.05) is 19.9 Å². The van der Waals surface area contributed by atoms with E-state index in [9.17, 15) is 9.59 Å². The maximum absolute atomic E-state index is 11.9. The first-order valence-corrected chi connectivity index (χ1v) is 7.58. The number of amides is 1. The number of aryl methyl sites for hydroxylation is 1. The van der Waals surface area contributed by atoms with E-state index in [0.717, 1.165) is 10.5 Å². The Balaban J connectivity index is 2.57. The summed E-state index contributed by atoms with van der Waals surface area (Å²) in [4.78, 5) is 24.2. The number of carbonyl (C=O) groups is 2. The summed E-state index contributed by atoms with van der Waals surface area (Å²) in [5.41, 5.74) is 7.66. The number of ketones is 1. The second-order valence-electron chi connectivity index (χ2n) is 5.23. The van der Waals surface area contributed by atoms with Crippen LogP contribution in [0.5, 0.6) is 0 Å². The van der Waals surface area contributed by atoms with Crippen molar-refractivity contribution in [2.45, 2.75) is 38.6 Å². The van der Waals surface area contributed by atoms with Crippen molar-refractivity contribution >= 4 is 29.1 Å². The number of nitrogens with one attached hydrogen (secondary N) is 1. The highest BCUT2D eigenvalue weighted by Gasteiger charge is 2.20. The third-order valence-electron chi connectivity index (χ3n) is 2.95. The average molecular weight is 294 g/mol. The SMILES string of the molecule is CC(=O)C(NC(=O)CSc1ccc(C)cc1N)C(C)C. The highest BCUT2D eigenvalue weighted by atomic mass is 32.2. The molecule has 1 rings (SSSR count). The molecule has 0 radical (unpaired) electrons. The van der Waals surface area contributed by atoms with Gasteiger partial charge in [0.1, 0.15) is 0 Å². The van der Waals surface area contributed by atoms with Crippen molar-refractivity contribution in [1.29, 1.82) is 0 Å². The van der Waals surface area contributed by atoms with Crippen molar-refractivity contribution in [3.63, 3.8) is 0 Å². The molecule has 0 bridgehead atoms. The molecule has 0 aliphatic heterocycles. The number of anilines is 1. The van der Waals surface area contributed by atoms with Gasteiger partial charge < -0.3 is 11.1 Å². The Kier molecular flexibility index (Phi) is 6.07. The minimum absolute atomic E-state index is 0.0202. The smallest absolute Gasteiger partial charge is 0.230 e. The minimum Gasteiger partial charge on any atom is -0.398 e. The first-order valence-electron chi connectivity index (χ1n) is 6.60. The Morgan fingerprint density at radius 3 is 2.50 bits per heavy atom. The fourth-order valence-corrected chi connectivity index (χ4v) is 2.66. The number of carbonyl (C=O) groups excluding carboxylic acids is 2. The molecule has 0 aromatic heterocycles. The van der Waals surface area contributed by atoms with E-state index >= 15 is 0 Å². The van der Waals surface area contributed by atoms with Crippen LogP contribution < -0.4 is 11.1 Å². The molecule has 0 saturated heterocycles. The van der Waals surface area contributed by atoms with Gasteiger partial charge in [0.05, 0.1) is 11.8 Å². The molecule has 1 unspecified atom stereocenters.